The molecule has 0 amide bonds. The topological polar surface area (TPSA) is 28.2 Å². The van der Waals surface area contributed by atoms with E-state index in [0.717, 1.165) is 11.6 Å². The summed E-state index contributed by atoms with van der Waals surface area (Å²) in [6.07, 6.45) is 4.71. The summed E-state index contributed by atoms with van der Waals surface area (Å²) >= 11 is 1.84. The number of hydrogen-bond donors (Lipinski definition) is 1. The van der Waals surface area contributed by atoms with E-state index in [-0.39, 0.29) is 0 Å². The number of nitrogens with zero attached hydrogens (tertiary/aromatic N) is 2. The van der Waals surface area contributed by atoms with Gasteiger partial charge in [0.15, 0.2) is 5.13 Å². The first-order valence-electron chi connectivity index (χ1n) is 7.72. The first-order chi connectivity index (χ1) is 10.2. The monoisotopic (exact) mass is 301 g/mol. The smallest absolute Gasteiger partial charge is 0.190 e. The molecule has 1 heterocycles. The van der Waals surface area contributed by atoms with E-state index in [1.807, 2.05) is 18.4 Å². The van der Waals surface area contributed by atoms with E-state index in [4.69, 9.17) is 4.98 Å². The minimum absolute atomic E-state index is 0.426. The van der Waals surface area contributed by atoms with Gasteiger partial charge in [-0.1, -0.05) is 19.1 Å². The van der Waals surface area contributed by atoms with Gasteiger partial charge in [0.2, 0.25) is 0 Å². The number of fused-ring (bicyclic) bond motifs is 1. The van der Waals surface area contributed by atoms with Crippen molar-refractivity contribution >= 4 is 22.2 Å². The molecule has 112 valence electrons. The fourth-order valence-corrected chi connectivity index (χ4v) is 4.04. The zero-order valence-electron chi connectivity index (χ0n) is 13.0. The summed E-state index contributed by atoms with van der Waals surface area (Å²) in [5.74, 6) is 0. The lowest BCUT2D eigenvalue weighted by atomic mass is 9.98. The van der Waals surface area contributed by atoms with Crippen LogP contribution in [0, 0.1) is 0 Å². The van der Waals surface area contributed by atoms with E-state index in [2.05, 4.69) is 48.5 Å². The van der Waals surface area contributed by atoms with E-state index in [1.54, 1.807) is 0 Å². The molecule has 0 radical (unpaired) electrons. The molecule has 1 aromatic carbocycles. The van der Waals surface area contributed by atoms with Crippen LogP contribution in [0.2, 0.25) is 0 Å². The van der Waals surface area contributed by atoms with Crippen molar-refractivity contribution in [3.05, 3.63) is 40.4 Å². The van der Waals surface area contributed by atoms with Crippen LogP contribution < -0.4 is 10.2 Å². The maximum atomic E-state index is 4.90. The van der Waals surface area contributed by atoms with Gasteiger partial charge in [-0.25, -0.2) is 4.98 Å². The Hall–Kier alpha value is -1.39. The third-order valence-corrected chi connectivity index (χ3v) is 5.52. The van der Waals surface area contributed by atoms with Gasteiger partial charge in [-0.15, -0.1) is 11.3 Å². The molecule has 0 bridgehead atoms. The number of thiazole rings is 1. The van der Waals surface area contributed by atoms with Crippen molar-refractivity contribution in [2.75, 3.05) is 19.0 Å². The molecule has 0 fully saturated rings. The lowest BCUT2D eigenvalue weighted by Gasteiger charge is -2.20. The number of rotatable bonds is 4. The zero-order chi connectivity index (χ0) is 14.8. The molecule has 1 unspecified atom stereocenters. The second-order valence-electron chi connectivity index (χ2n) is 5.62. The highest BCUT2D eigenvalue weighted by molar-refractivity contribution is 7.15. The molecule has 1 aliphatic carbocycles. The van der Waals surface area contributed by atoms with Crippen molar-refractivity contribution in [3.8, 4) is 0 Å². The van der Waals surface area contributed by atoms with Gasteiger partial charge in [0.25, 0.3) is 0 Å². The van der Waals surface area contributed by atoms with E-state index >= 15 is 0 Å². The van der Waals surface area contributed by atoms with Crippen molar-refractivity contribution in [1.82, 2.24) is 10.3 Å². The van der Waals surface area contributed by atoms with Crippen LogP contribution in [0.3, 0.4) is 0 Å². The molecular formula is C17H23N3S. The maximum Gasteiger partial charge on any atom is 0.190 e. The summed E-state index contributed by atoms with van der Waals surface area (Å²) in [5, 5.41) is 4.50. The summed E-state index contributed by atoms with van der Waals surface area (Å²) in [7, 11) is 4.14. The van der Waals surface area contributed by atoms with Gasteiger partial charge < -0.3 is 10.2 Å². The quantitative estimate of drug-likeness (QED) is 0.922. The zero-order valence-corrected chi connectivity index (χ0v) is 13.8. The van der Waals surface area contributed by atoms with Crippen LogP contribution >= 0.6 is 11.3 Å². The van der Waals surface area contributed by atoms with Crippen LogP contribution in [-0.2, 0) is 12.8 Å². The number of hydrogen-bond acceptors (Lipinski definition) is 4. The van der Waals surface area contributed by atoms with Crippen molar-refractivity contribution < 1.29 is 0 Å². The van der Waals surface area contributed by atoms with Gasteiger partial charge >= 0.3 is 0 Å². The molecule has 21 heavy (non-hydrogen) atoms. The van der Waals surface area contributed by atoms with Crippen LogP contribution in [-0.4, -0.2) is 19.1 Å². The number of nitrogens with one attached hydrogen (secondary N) is 1. The molecule has 3 rings (SSSR count). The fraction of sp³-hybridized carbons (Fsp3) is 0.471. The molecule has 4 heteroatoms. The Morgan fingerprint density at radius 2 is 2.10 bits per heavy atom. The van der Waals surface area contributed by atoms with Crippen molar-refractivity contribution in [2.45, 2.75) is 38.6 Å². The van der Waals surface area contributed by atoms with Crippen LogP contribution in [0.25, 0.3) is 0 Å². The van der Waals surface area contributed by atoms with Crippen LogP contribution in [0.15, 0.2) is 24.3 Å². The van der Waals surface area contributed by atoms with Crippen LogP contribution in [0.5, 0.6) is 0 Å². The molecule has 2 aromatic rings. The fourth-order valence-electron chi connectivity index (χ4n) is 2.90. The molecule has 0 saturated heterocycles. The Kier molecular flexibility index (Phi) is 4.27. The summed E-state index contributed by atoms with van der Waals surface area (Å²) in [4.78, 5) is 8.56. The average Bonchev–Trinajstić information content (AvgIpc) is 2.98. The molecule has 3 nitrogen and oxygen atoms in total. The first-order valence-corrected chi connectivity index (χ1v) is 8.54. The minimum atomic E-state index is 0.426. The first kappa shape index (κ1) is 14.5. The lowest BCUT2D eigenvalue weighted by Crippen LogP contribution is -2.21. The Balaban J connectivity index is 1.87. The molecular weight excluding hydrogens is 278 g/mol. The minimum Gasteiger partial charge on any atom is -0.321 e. The predicted octanol–water partition coefficient (Wildman–Crippen LogP) is 4.07. The SMILES string of the molecule is CCc1ccc(N(C)c2nc3c(s2)CCCC3NC)cc1. The Labute approximate surface area is 131 Å². The molecule has 1 aliphatic rings. The summed E-state index contributed by atoms with van der Waals surface area (Å²) in [6.45, 7) is 2.19. The molecule has 0 aliphatic heterocycles. The van der Waals surface area contributed by atoms with Crippen LogP contribution in [0.1, 0.15) is 41.9 Å². The second-order valence-corrected chi connectivity index (χ2v) is 6.68. The van der Waals surface area contributed by atoms with Crippen molar-refractivity contribution in [2.24, 2.45) is 0 Å². The average molecular weight is 301 g/mol. The van der Waals surface area contributed by atoms with Crippen molar-refractivity contribution in [1.29, 1.82) is 0 Å². The van der Waals surface area contributed by atoms with Crippen LogP contribution in [0.4, 0.5) is 10.8 Å². The predicted molar refractivity (Wildman–Crippen MR) is 90.7 cm³/mol. The highest BCUT2D eigenvalue weighted by atomic mass is 32.1. The number of aryl methyl sites for hydroxylation is 2. The van der Waals surface area contributed by atoms with Gasteiger partial charge in [-0.05, 0) is 50.4 Å². The van der Waals surface area contributed by atoms with E-state index in [9.17, 15) is 0 Å². The standard InChI is InChI=1S/C17H23N3S/c1-4-12-8-10-13(11-9-12)20(3)17-19-16-14(18-2)6-5-7-15(16)21-17/h8-11,14,18H,4-7H2,1-3H3. The van der Waals surface area contributed by atoms with E-state index in [0.29, 0.717) is 6.04 Å². The Bertz CT molecular complexity index is 603. The molecule has 1 aromatic heterocycles. The Morgan fingerprint density at radius 1 is 1.33 bits per heavy atom. The van der Waals surface area contributed by atoms with Gasteiger partial charge in [-0.2, -0.15) is 0 Å². The number of anilines is 2. The van der Waals surface area contributed by atoms with E-state index < -0.39 is 0 Å². The summed E-state index contributed by atoms with van der Waals surface area (Å²) < 4.78 is 0. The molecule has 1 atom stereocenters. The number of benzene rings is 1. The Morgan fingerprint density at radius 3 is 2.76 bits per heavy atom. The highest BCUT2D eigenvalue weighted by Gasteiger charge is 2.24. The third kappa shape index (κ3) is 2.83. The maximum absolute atomic E-state index is 4.90. The van der Waals surface area contributed by atoms with E-state index in [1.165, 1.54) is 41.1 Å². The number of aromatic nitrogens is 1. The lowest BCUT2D eigenvalue weighted by molar-refractivity contribution is 0.490. The molecule has 1 N–H and O–H groups in total. The summed E-state index contributed by atoms with van der Waals surface area (Å²) in [6, 6.07) is 9.21. The largest absolute Gasteiger partial charge is 0.321 e. The van der Waals surface area contributed by atoms with Gasteiger partial charge in [0.05, 0.1) is 11.7 Å². The second kappa shape index (κ2) is 6.16. The summed E-state index contributed by atoms with van der Waals surface area (Å²) in [5.41, 5.74) is 3.85. The molecule has 0 spiro atoms. The highest BCUT2D eigenvalue weighted by Crippen LogP contribution is 2.38. The molecule has 0 saturated carbocycles. The van der Waals surface area contributed by atoms with Gasteiger partial charge in [0, 0.05) is 17.6 Å². The van der Waals surface area contributed by atoms with Crippen molar-refractivity contribution in [3.63, 3.8) is 0 Å². The van der Waals surface area contributed by atoms with Gasteiger partial charge in [-0.3, -0.25) is 0 Å². The third-order valence-electron chi connectivity index (χ3n) is 4.31. The normalized spacial score (nSPS) is 17.6. The van der Waals surface area contributed by atoms with Gasteiger partial charge in [0.1, 0.15) is 0 Å².